The van der Waals surface area contributed by atoms with E-state index in [2.05, 4.69) is 34.4 Å². The first kappa shape index (κ1) is 9.90. The Labute approximate surface area is 92.4 Å². The normalized spacial score (nSPS) is 10.7. The molecule has 0 saturated heterocycles. The molecule has 0 amide bonds. The summed E-state index contributed by atoms with van der Waals surface area (Å²) in [6.07, 6.45) is 0. The number of aryl methyl sites for hydroxylation is 1. The number of hydrogen-bond donors (Lipinski definition) is 1. The molecular weight excluding hydrogens is 210 g/mol. The van der Waals surface area contributed by atoms with Crippen molar-refractivity contribution < 1.29 is 0 Å². The highest BCUT2D eigenvalue weighted by Crippen LogP contribution is 2.32. The highest BCUT2D eigenvalue weighted by Gasteiger charge is 2.08. The van der Waals surface area contributed by atoms with Gasteiger partial charge in [-0.05, 0) is 52.9 Å². The molecule has 2 aromatic rings. The summed E-state index contributed by atoms with van der Waals surface area (Å²) in [7, 11) is 1.99. The summed E-state index contributed by atoms with van der Waals surface area (Å²) >= 11 is 3.60. The Kier molecular flexibility index (Phi) is 3.01. The predicted octanol–water partition coefficient (Wildman–Crippen LogP) is 3.50. The summed E-state index contributed by atoms with van der Waals surface area (Å²) in [6.45, 7) is 3.13. The molecule has 0 unspecified atom stereocenters. The minimum atomic E-state index is 0.961. The van der Waals surface area contributed by atoms with Crippen LogP contribution in [0.15, 0.2) is 22.2 Å². The zero-order chi connectivity index (χ0) is 9.97. The fourth-order valence-corrected chi connectivity index (χ4v) is 3.26. The molecule has 74 valence electrons. The maximum atomic E-state index is 3.21. The molecule has 0 aliphatic heterocycles. The quantitative estimate of drug-likeness (QED) is 0.839. The van der Waals surface area contributed by atoms with E-state index in [4.69, 9.17) is 0 Å². The van der Waals surface area contributed by atoms with Crippen molar-refractivity contribution in [1.82, 2.24) is 5.32 Å². The van der Waals surface area contributed by atoms with Gasteiger partial charge in [0.05, 0.1) is 0 Å². The van der Waals surface area contributed by atoms with E-state index in [1.807, 2.05) is 18.4 Å². The van der Waals surface area contributed by atoms with Crippen LogP contribution in [0.1, 0.15) is 10.4 Å². The molecule has 0 aromatic carbocycles. The van der Waals surface area contributed by atoms with Crippen molar-refractivity contribution in [2.24, 2.45) is 0 Å². The van der Waals surface area contributed by atoms with Gasteiger partial charge in [-0.1, -0.05) is 0 Å². The minimum absolute atomic E-state index is 0.961. The van der Waals surface area contributed by atoms with Gasteiger partial charge in [0.2, 0.25) is 0 Å². The zero-order valence-corrected chi connectivity index (χ0v) is 9.97. The molecule has 0 radical (unpaired) electrons. The molecule has 1 N–H and O–H groups in total. The monoisotopic (exact) mass is 223 g/mol. The lowest BCUT2D eigenvalue weighted by atomic mass is 10.1. The van der Waals surface area contributed by atoms with E-state index >= 15 is 0 Å². The molecule has 2 heterocycles. The second-order valence-electron chi connectivity index (χ2n) is 3.26. The van der Waals surface area contributed by atoms with Crippen LogP contribution in [0.25, 0.3) is 11.1 Å². The van der Waals surface area contributed by atoms with E-state index in [0.29, 0.717) is 0 Å². The molecule has 0 spiro atoms. The molecule has 0 aliphatic carbocycles. The van der Waals surface area contributed by atoms with Crippen molar-refractivity contribution in [1.29, 1.82) is 0 Å². The van der Waals surface area contributed by atoms with E-state index in [9.17, 15) is 0 Å². The Morgan fingerprint density at radius 2 is 2.14 bits per heavy atom. The lowest BCUT2D eigenvalue weighted by molar-refractivity contribution is 0.832. The Morgan fingerprint density at radius 3 is 2.79 bits per heavy atom. The summed E-state index contributed by atoms with van der Waals surface area (Å²) in [6, 6.07) is 2.21. The molecule has 2 aromatic heterocycles. The summed E-state index contributed by atoms with van der Waals surface area (Å²) < 4.78 is 0. The van der Waals surface area contributed by atoms with Gasteiger partial charge in [0, 0.05) is 11.4 Å². The summed E-state index contributed by atoms with van der Waals surface area (Å²) in [5, 5.41) is 9.81. The van der Waals surface area contributed by atoms with Crippen molar-refractivity contribution in [3.63, 3.8) is 0 Å². The molecule has 0 bridgehead atoms. The Balaban J connectivity index is 2.41. The van der Waals surface area contributed by atoms with E-state index < -0.39 is 0 Å². The van der Waals surface area contributed by atoms with Crippen LogP contribution >= 0.6 is 22.7 Å². The Morgan fingerprint density at radius 1 is 1.29 bits per heavy atom. The van der Waals surface area contributed by atoms with Crippen molar-refractivity contribution in [3.05, 3.63) is 32.6 Å². The van der Waals surface area contributed by atoms with E-state index in [-0.39, 0.29) is 0 Å². The molecule has 0 fully saturated rings. The molecule has 3 heteroatoms. The third-order valence-electron chi connectivity index (χ3n) is 2.23. The lowest BCUT2D eigenvalue weighted by Gasteiger charge is -2.02. The second-order valence-corrected chi connectivity index (χ2v) is 5.00. The number of thiophene rings is 2. The smallest absolute Gasteiger partial charge is 0.0302 e. The van der Waals surface area contributed by atoms with Crippen molar-refractivity contribution in [3.8, 4) is 11.1 Å². The van der Waals surface area contributed by atoms with Gasteiger partial charge >= 0.3 is 0 Å². The van der Waals surface area contributed by atoms with Crippen LogP contribution in [0.2, 0.25) is 0 Å². The van der Waals surface area contributed by atoms with Crippen LogP contribution in [0, 0.1) is 6.92 Å². The number of hydrogen-bond acceptors (Lipinski definition) is 3. The first-order valence-electron chi connectivity index (χ1n) is 4.57. The van der Waals surface area contributed by atoms with Gasteiger partial charge in [-0.25, -0.2) is 0 Å². The Bertz CT molecular complexity index is 414. The molecular formula is C11H13NS2. The third-order valence-corrected chi connectivity index (χ3v) is 4.01. The van der Waals surface area contributed by atoms with Crippen LogP contribution in [0.3, 0.4) is 0 Å². The predicted molar refractivity (Wildman–Crippen MR) is 65.1 cm³/mol. The van der Waals surface area contributed by atoms with Crippen molar-refractivity contribution in [2.75, 3.05) is 7.05 Å². The van der Waals surface area contributed by atoms with Gasteiger partial charge in [0.25, 0.3) is 0 Å². The average Bonchev–Trinajstić information content (AvgIpc) is 2.74. The van der Waals surface area contributed by atoms with Crippen LogP contribution in [-0.4, -0.2) is 7.05 Å². The van der Waals surface area contributed by atoms with Gasteiger partial charge in [-0.3, -0.25) is 0 Å². The second kappa shape index (κ2) is 4.26. The molecule has 2 rings (SSSR count). The first-order chi connectivity index (χ1) is 6.83. The molecule has 0 saturated carbocycles. The van der Waals surface area contributed by atoms with Gasteiger partial charge < -0.3 is 5.32 Å². The van der Waals surface area contributed by atoms with Gasteiger partial charge in [0.15, 0.2) is 0 Å². The van der Waals surface area contributed by atoms with E-state index in [0.717, 1.165) is 6.54 Å². The highest BCUT2D eigenvalue weighted by atomic mass is 32.1. The minimum Gasteiger partial charge on any atom is -0.315 e. The van der Waals surface area contributed by atoms with Gasteiger partial charge in [0.1, 0.15) is 0 Å². The Hall–Kier alpha value is -0.640. The first-order valence-corrected chi connectivity index (χ1v) is 6.39. The van der Waals surface area contributed by atoms with Crippen LogP contribution in [-0.2, 0) is 6.54 Å². The van der Waals surface area contributed by atoms with Crippen LogP contribution in [0.5, 0.6) is 0 Å². The van der Waals surface area contributed by atoms with Gasteiger partial charge in [-0.15, -0.1) is 11.3 Å². The molecule has 0 atom stereocenters. The van der Waals surface area contributed by atoms with Crippen molar-refractivity contribution >= 4 is 22.7 Å². The maximum absolute atomic E-state index is 3.21. The number of rotatable bonds is 3. The summed E-state index contributed by atoms with van der Waals surface area (Å²) in [5.74, 6) is 0. The zero-order valence-electron chi connectivity index (χ0n) is 8.33. The molecule has 1 nitrogen and oxygen atoms in total. The fourth-order valence-electron chi connectivity index (χ4n) is 1.51. The summed E-state index contributed by atoms with van der Waals surface area (Å²) in [5.41, 5.74) is 4.16. The molecule has 0 aliphatic rings. The average molecular weight is 223 g/mol. The third kappa shape index (κ3) is 1.75. The SMILES string of the molecule is CNCc1sccc1-c1cscc1C. The van der Waals surface area contributed by atoms with Crippen molar-refractivity contribution in [2.45, 2.75) is 13.5 Å². The van der Waals surface area contributed by atoms with Crippen LogP contribution in [0.4, 0.5) is 0 Å². The topological polar surface area (TPSA) is 12.0 Å². The summed E-state index contributed by atoms with van der Waals surface area (Å²) in [4.78, 5) is 1.43. The van der Waals surface area contributed by atoms with E-state index in [1.165, 1.54) is 21.6 Å². The number of nitrogens with one attached hydrogen (secondary N) is 1. The van der Waals surface area contributed by atoms with Crippen LogP contribution < -0.4 is 5.32 Å². The highest BCUT2D eigenvalue weighted by molar-refractivity contribution is 7.10. The molecule has 14 heavy (non-hydrogen) atoms. The fraction of sp³-hybridized carbons (Fsp3) is 0.273. The van der Waals surface area contributed by atoms with E-state index in [1.54, 1.807) is 11.3 Å². The largest absolute Gasteiger partial charge is 0.315 e. The maximum Gasteiger partial charge on any atom is 0.0302 e. The standard InChI is InChI=1S/C11H13NS2/c1-8-6-13-7-10(8)9-3-4-14-11(9)5-12-2/h3-4,6-7,12H,5H2,1-2H3. The lowest BCUT2D eigenvalue weighted by Crippen LogP contribution is -2.04. The van der Waals surface area contributed by atoms with Gasteiger partial charge in [-0.2, -0.15) is 11.3 Å².